The van der Waals surface area contributed by atoms with Crippen LogP contribution in [0.3, 0.4) is 0 Å². The zero-order valence-electron chi connectivity index (χ0n) is 8.29. The van der Waals surface area contributed by atoms with E-state index in [4.69, 9.17) is 15.2 Å². The van der Waals surface area contributed by atoms with Crippen LogP contribution in [-0.2, 0) is 9.47 Å². The molecule has 3 nitrogen and oxygen atoms in total. The van der Waals surface area contributed by atoms with Crippen LogP contribution in [0.1, 0.15) is 26.2 Å². The van der Waals surface area contributed by atoms with Crippen molar-refractivity contribution in [1.29, 1.82) is 0 Å². The monoisotopic (exact) mass is 185 g/mol. The van der Waals surface area contributed by atoms with Gasteiger partial charge in [-0.05, 0) is 26.2 Å². The molecule has 0 saturated carbocycles. The Morgan fingerprint density at radius 2 is 2.31 bits per heavy atom. The molecule has 2 aliphatic rings. The largest absolute Gasteiger partial charge is 0.381 e. The molecule has 3 atom stereocenters. The first-order valence-corrected chi connectivity index (χ1v) is 5.20. The van der Waals surface area contributed by atoms with E-state index < -0.39 is 0 Å². The SMILES string of the molecule is CC1(C2CCOC2)CCC(CN)O1. The number of hydrogen-bond acceptors (Lipinski definition) is 3. The first kappa shape index (κ1) is 9.44. The second-order valence-corrected chi connectivity index (χ2v) is 4.39. The fourth-order valence-electron chi connectivity index (χ4n) is 2.43. The lowest BCUT2D eigenvalue weighted by Crippen LogP contribution is -2.36. The lowest BCUT2D eigenvalue weighted by atomic mass is 9.86. The smallest absolute Gasteiger partial charge is 0.0710 e. The molecule has 2 aliphatic heterocycles. The van der Waals surface area contributed by atoms with Gasteiger partial charge in [0.25, 0.3) is 0 Å². The van der Waals surface area contributed by atoms with Gasteiger partial charge >= 0.3 is 0 Å². The minimum absolute atomic E-state index is 0.0422. The average molecular weight is 185 g/mol. The quantitative estimate of drug-likeness (QED) is 0.695. The third-order valence-corrected chi connectivity index (χ3v) is 3.45. The van der Waals surface area contributed by atoms with Gasteiger partial charge in [0.1, 0.15) is 0 Å². The second kappa shape index (κ2) is 3.56. The van der Waals surface area contributed by atoms with Gasteiger partial charge in [0, 0.05) is 19.1 Å². The van der Waals surface area contributed by atoms with Gasteiger partial charge in [0.15, 0.2) is 0 Å². The van der Waals surface area contributed by atoms with Gasteiger partial charge in [0.05, 0.1) is 18.3 Å². The maximum atomic E-state index is 5.98. The van der Waals surface area contributed by atoms with E-state index in [9.17, 15) is 0 Å². The minimum Gasteiger partial charge on any atom is -0.381 e. The lowest BCUT2D eigenvalue weighted by Gasteiger charge is -2.30. The number of nitrogens with two attached hydrogens (primary N) is 1. The average Bonchev–Trinajstić information content (AvgIpc) is 2.72. The molecule has 2 N–H and O–H groups in total. The van der Waals surface area contributed by atoms with Crippen molar-refractivity contribution < 1.29 is 9.47 Å². The molecule has 2 fully saturated rings. The summed E-state index contributed by atoms with van der Waals surface area (Å²) in [4.78, 5) is 0. The summed E-state index contributed by atoms with van der Waals surface area (Å²) in [5.74, 6) is 0.587. The Labute approximate surface area is 79.6 Å². The molecule has 76 valence electrons. The summed E-state index contributed by atoms with van der Waals surface area (Å²) in [5, 5.41) is 0. The topological polar surface area (TPSA) is 44.5 Å². The highest BCUT2D eigenvalue weighted by Gasteiger charge is 2.43. The Morgan fingerprint density at radius 3 is 2.85 bits per heavy atom. The fourth-order valence-corrected chi connectivity index (χ4v) is 2.43. The Balaban J connectivity index is 1.96. The van der Waals surface area contributed by atoms with Crippen LogP contribution in [0, 0.1) is 5.92 Å². The predicted octanol–water partition coefficient (Wildman–Crippen LogP) is 0.919. The van der Waals surface area contributed by atoms with Gasteiger partial charge in [-0.2, -0.15) is 0 Å². The van der Waals surface area contributed by atoms with Gasteiger partial charge in [-0.25, -0.2) is 0 Å². The molecule has 0 amide bonds. The Kier molecular flexibility index (Phi) is 2.58. The molecule has 0 bridgehead atoms. The molecule has 0 aromatic heterocycles. The van der Waals surface area contributed by atoms with Crippen LogP contribution in [0.25, 0.3) is 0 Å². The van der Waals surface area contributed by atoms with E-state index >= 15 is 0 Å². The molecule has 3 unspecified atom stereocenters. The van der Waals surface area contributed by atoms with Crippen molar-refractivity contribution in [1.82, 2.24) is 0 Å². The molecule has 2 rings (SSSR count). The number of ether oxygens (including phenoxy) is 2. The van der Waals surface area contributed by atoms with Gasteiger partial charge in [-0.15, -0.1) is 0 Å². The van der Waals surface area contributed by atoms with E-state index in [0.717, 1.165) is 32.5 Å². The van der Waals surface area contributed by atoms with E-state index in [0.29, 0.717) is 12.5 Å². The maximum absolute atomic E-state index is 5.98. The van der Waals surface area contributed by atoms with Crippen LogP contribution >= 0.6 is 0 Å². The lowest BCUT2D eigenvalue weighted by molar-refractivity contribution is -0.0648. The molecule has 0 radical (unpaired) electrons. The van der Waals surface area contributed by atoms with Gasteiger partial charge < -0.3 is 15.2 Å². The van der Waals surface area contributed by atoms with Gasteiger partial charge in [-0.3, -0.25) is 0 Å². The molecule has 0 aromatic rings. The first-order chi connectivity index (χ1) is 6.24. The summed E-state index contributed by atoms with van der Waals surface area (Å²) in [6.45, 7) is 4.63. The minimum atomic E-state index is 0.0422. The summed E-state index contributed by atoms with van der Waals surface area (Å²) in [6.07, 6.45) is 3.69. The standard InChI is InChI=1S/C10H19NO2/c1-10(8-3-5-12-7-8)4-2-9(6-11)13-10/h8-9H,2-7,11H2,1H3. The molecule has 2 heterocycles. The Bertz CT molecular complexity index is 180. The highest BCUT2D eigenvalue weighted by molar-refractivity contribution is 4.92. The highest BCUT2D eigenvalue weighted by atomic mass is 16.5. The highest BCUT2D eigenvalue weighted by Crippen LogP contribution is 2.39. The van der Waals surface area contributed by atoms with Crippen molar-refractivity contribution >= 4 is 0 Å². The van der Waals surface area contributed by atoms with Crippen molar-refractivity contribution in [2.75, 3.05) is 19.8 Å². The molecule has 13 heavy (non-hydrogen) atoms. The van der Waals surface area contributed by atoms with Crippen LogP contribution in [0.5, 0.6) is 0 Å². The molecule has 3 heteroatoms. The molecule has 0 aromatic carbocycles. The maximum Gasteiger partial charge on any atom is 0.0710 e. The molecular weight excluding hydrogens is 166 g/mol. The third-order valence-electron chi connectivity index (χ3n) is 3.45. The van der Waals surface area contributed by atoms with Crippen molar-refractivity contribution in [3.05, 3.63) is 0 Å². The fraction of sp³-hybridized carbons (Fsp3) is 1.00. The summed E-state index contributed by atoms with van der Waals surface area (Å²) < 4.78 is 11.4. The van der Waals surface area contributed by atoms with E-state index in [2.05, 4.69) is 6.92 Å². The molecule has 0 spiro atoms. The summed E-state index contributed by atoms with van der Waals surface area (Å²) in [6, 6.07) is 0. The van der Waals surface area contributed by atoms with E-state index in [-0.39, 0.29) is 11.7 Å². The first-order valence-electron chi connectivity index (χ1n) is 5.20. The van der Waals surface area contributed by atoms with Crippen LogP contribution in [-0.4, -0.2) is 31.5 Å². The Hall–Kier alpha value is -0.120. The normalized spacial score (nSPS) is 45.7. The van der Waals surface area contributed by atoms with Gasteiger partial charge in [0.2, 0.25) is 0 Å². The third kappa shape index (κ3) is 1.73. The van der Waals surface area contributed by atoms with Crippen LogP contribution in [0.15, 0.2) is 0 Å². The summed E-state index contributed by atoms with van der Waals surface area (Å²) in [7, 11) is 0. The zero-order valence-corrected chi connectivity index (χ0v) is 8.29. The van der Waals surface area contributed by atoms with E-state index in [1.54, 1.807) is 0 Å². The van der Waals surface area contributed by atoms with Crippen molar-refractivity contribution in [2.24, 2.45) is 11.7 Å². The van der Waals surface area contributed by atoms with Crippen molar-refractivity contribution in [3.8, 4) is 0 Å². The second-order valence-electron chi connectivity index (χ2n) is 4.39. The Morgan fingerprint density at radius 1 is 1.46 bits per heavy atom. The predicted molar refractivity (Wildman–Crippen MR) is 50.5 cm³/mol. The van der Waals surface area contributed by atoms with Crippen molar-refractivity contribution in [3.63, 3.8) is 0 Å². The van der Waals surface area contributed by atoms with E-state index in [1.165, 1.54) is 0 Å². The van der Waals surface area contributed by atoms with Crippen LogP contribution in [0.2, 0.25) is 0 Å². The molecular formula is C10H19NO2. The number of rotatable bonds is 2. The van der Waals surface area contributed by atoms with Gasteiger partial charge in [-0.1, -0.05) is 0 Å². The summed E-state index contributed by atoms with van der Waals surface area (Å²) >= 11 is 0. The van der Waals surface area contributed by atoms with Crippen LogP contribution < -0.4 is 5.73 Å². The zero-order chi connectivity index (χ0) is 9.31. The molecule has 0 aliphatic carbocycles. The molecule has 2 saturated heterocycles. The number of hydrogen-bond donors (Lipinski definition) is 1. The summed E-state index contributed by atoms with van der Waals surface area (Å²) in [5.41, 5.74) is 5.64. The van der Waals surface area contributed by atoms with E-state index in [1.807, 2.05) is 0 Å². The van der Waals surface area contributed by atoms with Crippen molar-refractivity contribution in [2.45, 2.75) is 37.9 Å². The van der Waals surface area contributed by atoms with Crippen LogP contribution in [0.4, 0.5) is 0 Å².